The number of aromatic nitrogens is 4. The molecule has 0 N–H and O–H groups in total. The molecule has 7 heterocycles. The van der Waals surface area contributed by atoms with Crippen LogP contribution in [-0.4, -0.2) is 19.9 Å². The first kappa shape index (κ1) is 85.7. The van der Waals surface area contributed by atoms with Crippen LogP contribution in [0, 0.1) is 96.9 Å². The van der Waals surface area contributed by atoms with E-state index in [4.69, 9.17) is 0 Å². The van der Waals surface area contributed by atoms with E-state index >= 15 is 0 Å². The number of hydrogen-bond acceptors (Lipinski definition) is 14. The smallest absolute Gasteiger partial charge is 0.0888 e. The van der Waals surface area contributed by atoms with Gasteiger partial charge in [0.2, 0.25) is 0 Å². The van der Waals surface area contributed by atoms with Crippen molar-refractivity contribution in [3.05, 3.63) is 382 Å². The van der Waals surface area contributed by atoms with Crippen LogP contribution in [0.25, 0.3) is 45.0 Å². The maximum absolute atomic E-state index is 4.56. The van der Waals surface area contributed by atoms with Gasteiger partial charge in [-0.25, -0.2) is 0 Å². The van der Waals surface area contributed by atoms with E-state index in [0.717, 1.165) is 45.0 Å². The summed E-state index contributed by atoms with van der Waals surface area (Å²) in [4.78, 5) is 46.1. The molecule has 0 radical (unpaired) electrons. The van der Waals surface area contributed by atoms with E-state index < -0.39 is 0 Å². The molecule has 16 aromatic rings. The molecule has 4 nitrogen and oxygen atoms in total. The van der Waals surface area contributed by atoms with E-state index in [9.17, 15) is 0 Å². The highest BCUT2D eigenvalue weighted by atomic mass is 32.2. The molecule has 0 amide bonds. The summed E-state index contributed by atoms with van der Waals surface area (Å²) < 4.78 is 0. The molecule has 14 heteroatoms. The van der Waals surface area contributed by atoms with E-state index in [1.807, 2.05) is 179 Å². The molecule has 0 bridgehead atoms. The molecule has 0 spiro atoms. The lowest BCUT2D eigenvalue weighted by molar-refractivity contribution is 1.09. The maximum atomic E-state index is 4.56. The lowest BCUT2D eigenvalue weighted by Gasteiger charge is -2.21. The Balaban J connectivity index is 0.000000109. The second-order valence-electron chi connectivity index (χ2n) is 30.2. The summed E-state index contributed by atoms with van der Waals surface area (Å²) in [5.41, 5.74) is 26.6. The predicted molar refractivity (Wildman–Crippen MR) is 518 cm³/mol. The Morgan fingerprint density at radius 3 is 0.733 bits per heavy atom. The lowest BCUT2D eigenvalue weighted by Crippen LogP contribution is -1.93. The molecular formula is C106H92N4S10. The molecule has 0 atom stereocenters. The lowest BCUT2D eigenvalue weighted by atomic mass is 10.0. The van der Waals surface area contributed by atoms with Gasteiger partial charge in [0.05, 0.1) is 47.6 Å². The first-order valence-corrected chi connectivity index (χ1v) is 48.0. The van der Waals surface area contributed by atoms with Gasteiger partial charge in [0, 0.05) is 120 Å². The van der Waals surface area contributed by atoms with Crippen LogP contribution in [-0.2, 0) is 0 Å². The summed E-state index contributed by atoms with van der Waals surface area (Å²) in [6.07, 6.45) is 7.38. The van der Waals surface area contributed by atoms with Crippen LogP contribution in [0.4, 0.5) is 0 Å². The third-order valence-corrected chi connectivity index (χ3v) is 33.8. The molecule has 0 fully saturated rings. The number of benzene rings is 14. The van der Waals surface area contributed by atoms with E-state index in [2.05, 4.69) is 360 Å². The minimum atomic E-state index is 0.908. The van der Waals surface area contributed by atoms with Crippen LogP contribution >= 0.6 is 118 Å². The fourth-order valence-electron chi connectivity index (χ4n) is 13.7. The van der Waals surface area contributed by atoms with Gasteiger partial charge in [-0.2, -0.15) is 0 Å². The Morgan fingerprint density at radius 1 is 0.158 bits per heavy atom. The average molecular weight is 1740 g/mol. The Morgan fingerprint density at radius 2 is 0.400 bits per heavy atom. The van der Waals surface area contributed by atoms with E-state index in [0.29, 0.717) is 0 Å². The zero-order chi connectivity index (χ0) is 83.5. The van der Waals surface area contributed by atoms with Crippen molar-refractivity contribution in [2.75, 3.05) is 0 Å². The molecule has 21 rings (SSSR count). The zero-order valence-corrected chi connectivity index (χ0v) is 77.9. The van der Waals surface area contributed by atoms with Gasteiger partial charge in [0.1, 0.15) is 0 Å². The van der Waals surface area contributed by atoms with Crippen LogP contribution in [0.3, 0.4) is 0 Å². The first-order chi connectivity index (χ1) is 58.2. The molecule has 14 aromatic carbocycles. The average Bonchev–Trinajstić information content (AvgIpc) is 0.771. The van der Waals surface area contributed by atoms with Crippen LogP contribution in [0.15, 0.2) is 402 Å². The minimum Gasteiger partial charge on any atom is -0.252 e. The van der Waals surface area contributed by atoms with Crippen molar-refractivity contribution in [3.8, 4) is 45.0 Å². The van der Waals surface area contributed by atoms with Gasteiger partial charge in [-0.3, -0.25) is 19.9 Å². The second kappa shape index (κ2) is 39.7. The van der Waals surface area contributed by atoms with Gasteiger partial charge in [-0.1, -0.05) is 299 Å². The number of nitrogens with zero attached hydrogens (tertiary/aromatic N) is 4. The van der Waals surface area contributed by atoms with Gasteiger partial charge in [0.15, 0.2) is 0 Å². The molecule has 5 aliphatic rings. The maximum Gasteiger partial charge on any atom is 0.0888 e. The van der Waals surface area contributed by atoms with E-state index in [1.54, 1.807) is 0 Å². The fraction of sp³-hybridized carbons (Fsp3) is 0.132. The normalized spacial score (nSPS) is 12.2. The molecule has 2 aromatic heterocycles. The summed E-state index contributed by atoms with van der Waals surface area (Å²) in [5.74, 6) is 0. The van der Waals surface area contributed by atoms with Crippen molar-refractivity contribution in [2.45, 2.75) is 195 Å². The molecule has 120 heavy (non-hydrogen) atoms. The van der Waals surface area contributed by atoms with Crippen molar-refractivity contribution in [2.24, 2.45) is 0 Å². The van der Waals surface area contributed by atoms with Gasteiger partial charge >= 0.3 is 0 Å². The monoisotopic (exact) mass is 1740 g/mol. The number of rotatable bonds is 4. The highest BCUT2D eigenvalue weighted by Crippen LogP contribution is 2.55. The first-order valence-electron chi connectivity index (χ1n) is 39.9. The summed E-state index contributed by atoms with van der Waals surface area (Å²) in [6.45, 7) is 30.1. The zero-order valence-electron chi connectivity index (χ0n) is 69.7. The van der Waals surface area contributed by atoms with Crippen molar-refractivity contribution < 1.29 is 0 Å². The van der Waals surface area contributed by atoms with Crippen LogP contribution in [0.5, 0.6) is 0 Å². The Hall–Kier alpha value is -9.26. The summed E-state index contributed by atoms with van der Waals surface area (Å²) >= 11 is 18.9. The fourth-order valence-corrected chi connectivity index (χ4v) is 26.0. The van der Waals surface area contributed by atoms with Crippen molar-refractivity contribution in [3.63, 3.8) is 0 Å². The van der Waals surface area contributed by atoms with Crippen LogP contribution in [0.2, 0.25) is 0 Å². The molecule has 0 aliphatic carbocycles. The summed E-state index contributed by atoms with van der Waals surface area (Å²) in [7, 11) is 0. The Kier molecular flexibility index (Phi) is 28.4. The summed E-state index contributed by atoms with van der Waals surface area (Å²) in [5, 5.41) is 0. The second-order valence-corrected chi connectivity index (χ2v) is 40.9. The number of aryl methyl sites for hydroxylation is 14. The third-order valence-electron chi connectivity index (χ3n) is 20.5. The Bertz CT molecular complexity index is 6060. The number of hydrogen-bond donors (Lipinski definition) is 0. The van der Waals surface area contributed by atoms with Gasteiger partial charge in [-0.15, -0.1) is 0 Å². The molecule has 0 saturated heterocycles. The van der Waals surface area contributed by atoms with Crippen molar-refractivity contribution in [1.82, 2.24) is 19.9 Å². The van der Waals surface area contributed by atoms with Gasteiger partial charge in [0.25, 0.3) is 0 Å². The molecule has 0 saturated carbocycles. The van der Waals surface area contributed by atoms with Gasteiger partial charge in [-0.05, 0) is 273 Å². The number of fused-ring (bicyclic) bond motifs is 10. The van der Waals surface area contributed by atoms with E-state index in [-0.39, 0.29) is 0 Å². The molecular weight excluding hydrogens is 1650 g/mol. The third kappa shape index (κ3) is 21.2. The highest BCUT2D eigenvalue weighted by molar-refractivity contribution is 8.07. The topological polar surface area (TPSA) is 51.6 Å². The predicted octanol–water partition coefficient (Wildman–Crippen LogP) is 33.5. The molecule has 596 valence electrons. The standard InChI is InChI=1S/2C18H16N2.5C14H12S2/c1-13-5-3-7-15(9-13)17-11-20-18(12-19-17)16-8-4-6-14(2)10-16;1-13-7-3-5-9-15(13)17-11-20-18(12-19-17)16-10-6-4-8-14(16)2;1-9-3-5-11-13(7-9)15-12-6-4-10(2)8-14(12)16-11;1-9-3-5-11-13(7-9)16-14-8-10(2)4-6-12(14)15-11;1-9-5-3-7-11-13(9)15-12-8-4-6-10(2)14(12)16-11;1-9-5-3-7-11-13(9)16-14-10(2)6-4-8-12(14)15-11;1-9-7-13-14(8-10(9)2)16-12-6-4-3-5-11(12)15-13/h2*3-12H,1-2H3;5*3-8H,1-2H3. The van der Waals surface area contributed by atoms with Crippen molar-refractivity contribution >= 4 is 118 Å². The largest absolute Gasteiger partial charge is 0.252 e. The van der Waals surface area contributed by atoms with E-state index in [1.165, 1.54) is 176 Å². The SMILES string of the molecule is Cc1cc2c(cc1C)Sc1ccccc1S2.Cc1ccc2c(c1)Sc1cc(C)ccc1S2.Cc1ccc2c(c1)Sc1ccc(C)cc1S2.Cc1cccc(-c2cnc(-c3cccc(C)c3)cn2)c1.Cc1cccc2c1Sc1c(C)cccc1S2.Cc1cccc2c1Sc1cccc(C)c1S2.Cc1ccccc1-c1cnc(-c2ccccc2C)cn1. The minimum absolute atomic E-state index is 0.908. The van der Waals surface area contributed by atoms with Gasteiger partial charge < -0.3 is 0 Å². The van der Waals surface area contributed by atoms with Crippen LogP contribution < -0.4 is 0 Å². The van der Waals surface area contributed by atoms with Crippen LogP contribution in [0.1, 0.15) is 77.9 Å². The molecule has 0 unspecified atom stereocenters. The molecule has 5 aliphatic heterocycles. The Labute approximate surface area is 752 Å². The quantitative estimate of drug-likeness (QED) is 0.168. The highest BCUT2D eigenvalue weighted by Gasteiger charge is 2.24. The van der Waals surface area contributed by atoms with Crippen molar-refractivity contribution in [1.29, 1.82) is 0 Å². The summed E-state index contributed by atoms with van der Waals surface area (Å²) in [6, 6.07) is 99.2.